The number of benzene rings is 1. The average Bonchev–Trinajstić information content (AvgIpc) is 3.03. The van der Waals surface area contributed by atoms with Crippen LogP contribution in [0.2, 0.25) is 0 Å². The van der Waals surface area contributed by atoms with Crippen LogP contribution in [0.4, 0.5) is 4.39 Å². The third-order valence-corrected chi connectivity index (χ3v) is 4.67. The fourth-order valence-electron chi connectivity index (χ4n) is 2.58. The van der Waals surface area contributed by atoms with Gasteiger partial charge in [-0.2, -0.15) is 0 Å². The van der Waals surface area contributed by atoms with Gasteiger partial charge in [0.25, 0.3) is 0 Å². The number of fused-ring (bicyclic) bond motifs is 1. The van der Waals surface area contributed by atoms with Gasteiger partial charge in [-0.15, -0.1) is 11.8 Å². The largest absolute Gasteiger partial charge is 0.347 e. The van der Waals surface area contributed by atoms with Crippen LogP contribution in [-0.2, 0) is 6.54 Å². The molecule has 1 atom stereocenters. The lowest BCUT2D eigenvalue weighted by atomic mass is 10.1. The lowest BCUT2D eigenvalue weighted by Crippen LogP contribution is -2.11. The molecule has 1 aromatic carbocycles. The Morgan fingerprint density at radius 3 is 3.11 bits per heavy atom. The average molecular weight is 279 g/mol. The number of hydrogen-bond acceptors (Lipinski definition) is 3. The first-order valence-corrected chi connectivity index (χ1v) is 7.68. The van der Waals surface area contributed by atoms with E-state index in [9.17, 15) is 4.39 Å². The molecule has 102 valence electrons. The van der Waals surface area contributed by atoms with Crippen molar-refractivity contribution in [3.8, 4) is 0 Å². The van der Waals surface area contributed by atoms with Gasteiger partial charge in [-0.25, -0.2) is 4.39 Å². The maximum atomic E-state index is 13.5. The first kappa shape index (κ1) is 13.0. The Bertz CT molecular complexity index is 575. The van der Waals surface area contributed by atoms with Crippen LogP contribution in [-0.4, -0.2) is 23.4 Å². The van der Waals surface area contributed by atoms with E-state index < -0.39 is 0 Å². The Labute approximate surface area is 116 Å². The zero-order chi connectivity index (χ0) is 13.2. The number of aryl methyl sites for hydroxylation is 1. The third kappa shape index (κ3) is 2.50. The summed E-state index contributed by atoms with van der Waals surface area (Å²) in [6, 6.07) is 5.04. The van der Waals surface area contributed by atoms with E-state index in [4.69, 9.17) is 5.73 Å². The topological polar surface area (TPSA) is 43.0 Å². The van der Waals surface area contributed by atoms with Gasteiger partial charge in [-0.05, 0) is 31.2 Å². The SMILES string of the molecule is NCCCn1cc(C2NCCS2)c2cc(F)ccc21. The van der Waals surface area contributed by atoms with Gasteiger partial charge in [0.1, 0.15) is 5.82 Å². The second-order valence-electron chi connectivity index (χ2n) is 4.79. The van der Waals surface area contributed by atoms with Crippen molar-refractivity contribution >= 4 is 22.7 Å². The molecule has 0 radical (unpaired) electrons. The minimum Gasteiger partial charge on any atom is -0.347 e. The monoisotopic (exact) mass is 279 g/mol. The number of aromatic nitrogens is 1. The van der Waals surface area contributed by atoms with Gasteiger partial charge in [-0.3, -0.25) is 0 Å². The number of rotatable bonds is 4. The first-order valence-electron chi connectivity index (χ1n) is 6.63. The first-order chi connectivity index (χ1) is 9.29. The van der Waals surface area contributed by atoms with E-state index in [-0.39, 0.29) is 11.2 Å². The van der Waals surface area contributed by atoms with Gasteiger partial charge in [0.2, 0.25) is 0 Å². The van der Waals surface area contributed by atoms with Crippen LogP contribution in [0.1, 0.15) is 17.4 Å². The van der Waals surface area contributed by atoms with Crippen molar-refractivity contribution in [3.63, 3.8) is 0 Å². The molecule has 19 heavy (non-hydrogen) atoms. The predicted octanol–water partition coefficient (Wildman–Crippen LogP) is 2.46. The highest BCUT2D eigenvalue weighted by Crippen LogP contribution is 2.36. The molecule has 3 N–H and O–H groups in total. The zero-order valence-electron chi connectivity index (χ0n) is 10.7. The molecule has 0 bridgehead atoms. The minimum atomic E-state index is -0.173. The summed E-state index contributed by atoms with van der Waals surface area (Å²) in [6.45, 7) is 2.57. The third-order valence-electron chi connectivity index (χ3n) is 3.48. The molecule has 2 heterocycles. The summed E-state index contributed by atoms with van der Waals surface area (Å²) in [4.78, 5) is 0. The Balaban J connectivity index is 2.06. The standard InChI is InChI=1S/C14H18FN3S/c15-10-2-3-13-11(8-10)12(14-17-5-7-19-14)9-18(13)6-1-4-16/h2-3,8-9,14,17H,1,4-7,16H2. The Kier molecular flexibility index (Phi) is 3.77. The minimum absolute atomic E-state index is 0.173. The molecule has 1 saturated heterocycles. The quantitative estimate of drug-likeness (QED) is 0.903. The molecule has 0 spiro atoms. The second-order valence-corrected chi connectivity index (χ2v) is 6.00. The fraction of sp³-hybridized carbons (Fsp3) is 0.429. The summed E-state index contributed by atoms with van der Waals surface area (Å²) in [6.07, 6.45) is 3.08. The number of nitrogens with two attached hydrogens (primary N) is 1. The summed E-state index contributed by atoms with van der Waals surface area (Å²) in [5, 5.41) is 4.75. The van der Waals surface area contributed by atoms with E-state index in [2.05, 4.69) is 16.1 Å². The van der Waals surface area contributed by atoms with E-state index in [1.165, 1.54) is 11.6 Å². The van der Waals surface area contributed by atoms with Crippen molar-refractivity contribution in [3.05, 3.63) is 35.8 Å². The van der Waals surface area contributed by atoms with Crippen LogP contribution in [0.25, 0.3) is 10.9 Å². The molecule has 1 aliphatic rings. The highest BCUT2D eigenvalue weighted by Gasteiger charge is 2.21. The van der Waals surface area contributed by atoms with Crippen LogP contribution >= 0.6 is 11.8 Å². The molecule has 0 saturated carbocycles. The Morgan fingerprint density at radius 2 is 2.37 bits per heavy atom. The molecule has 1 aliphatic heterocycles. The van der Waals surface area contributed by atoms with Gasteiger partial charge >= 0.3 is 0 Å². The van der Waals surface area contributed by atoms with Gasteiger partial charge in [0.15, 0.2) is 0 Å². The highest BCUT2D eigenvalue weighted by atomic mass is 32.2. The predicted molar refractivity (Wildman–Crippen MR) is 78.8 cm³/mol. The molecule has 0 aliphatic carbocycles. The summed E-state index contributed by atoms with van der Waals surface area (Å²) in [5.74, 6) is 0.934. The molecule has 3 rings (SSSR count). The van der Waals surface area contributed by atoms with E-state index in [0.29, 0.717) is 6.54 Å². The van der Waals surface area contributed by atoms with Crippen molar-refractivity contribution < 1.29 is 4.39 Å². The van der Waals surface area contributed by atoms with E-state index in [0.717, 1.165) is 36.2 Å². The smallest absolute Gasteiger partial charge is 0.123 e. The number of nitrogens with one attached hydrogen (secondary N) is 1. The lowest BCUT2D eigenvalue weighted by Gasteiger charge is -2.07. The van der Waals surface area contributed by atoms with Gasteiger partial charge < -0.3 is 15.6 Å². The Hall–Kier alpha value is -1.04. The van der Waals surface area contributed by atoms with Crippen LogP contribution in [0.3, 0.4) is 0 Å². The van der Waals surface area contributed by atoms with Crippen LogP contribution in [0, 0.1) is 5.82 Å². The van der Waals surface area contributed by atoms with E-state index in [1.54, 1.807) is 6.07 Å². The fourth-order valence-corrected chi connectivity index (χ4v) is 3.65. The number of thioether (sulfide) groups is 1. The summed E-state index contributed by atoms with van der Waals surface area (Å²) in [7, 11) is 0. The van der Waals surface area contributed by atoms with Crippen LogP contribution < -0.4 is 11.1 Å². The van der Waals surface area contributed by atoms with Crippen molar-refractivity contribution in [2.45, 2.75) is 18.3 Å². The molecule has 5 heteroatoms. The summed E-state index contributed by atoms with van der Waals surface area (Å²) < 4.78 is 15.7. The van der Waals surface area contributed by atoms with Crippen molar-refractivity contribution in [2.24, 2.45) is 5.73 Å². The Morgan fingerprint density at radius 1 is 1.47 bits per heavy atom. The van der Waals surface area contributed by atoms with Gasteiger partial charge in [0, 0.05) is 41.5 Å². The molecule has 1 unspecified atom stereocenters. The molecular formula is C14H18FN3S. The van der Waals surface area contributed by atoms with Crippen molar-refractivity contribution in [2.75, 3.05) is 18.8 Å². The summed E-state index contributed by atoms with van der Waals surface area (Å²) >= 11 is 1.88. The number of halogens is 1. The van der Waals surface area contributed by atoms with E-state index in [1.807, 2.05) is 17.8 Å². The maximum Gasteiger partial charge on any atom is 0.123 e. The number of nitrogens with zero attached hydrogens (tertiary/aromatic N) is 1. The van der Waals surface area contributed by atoms with E-state index >= 15 is 0 Å². The molecular weight excluding hydrogens is 261 g/mol. The molecule has 1 aromatic heterocycles. The highest BCUT2D eigenvalue weighted by molar-refractivity contribution is 7.99. The summed E-state index contributed by atoms with van der Waals surface area (Å²) in [5.41, 5.74) is 7.87. The molecule has 3 nitrogen and oxygen atoms in total. The number of hydrogen-bond donors (Lipinski definition) is 2. The molecule has 2 aromatic rings. The second kappa shape index (κ2) is 5.53. The molecule has 1 fully saturated rings. The van der Waals surface area contributed by atoms with Crippen molar-refractivity contribution in [1.82, 2.24) is 9.88 Å². The normalized spacial score (nSPS) is 19.4. The van der Waals surface area contributed by atoms with Gasteiger partial charge in [0.05, 0.1) is 5.37 Å². The van der Waals surface area contributed by atoms with Crippen molar-refractivity contribution in [1.29, 1.82) is 0 Å². The van der Waals surface area contributed by atoms with Crippen LogP contribution in [0.5, 0.6) is 0 Å². The lowest BCUT2D eigenvalue weighted by molar-refractivity contribution is 0.629. The maximum absolute atomic E-state index is 13.5. The van der Waals surface area contributed by atoms with Crippen LogP contribution in [0.15, 0.2) is 24.4 Å². The van der Waals surface area contributed by atoms with Gasteiger partial charge in [-0.1, -0.05) is 0 Å². The zero-order valence-corrected chi connectivity index (χ0v) is 11.5. The molecule has 0 amide bonds.